The van der Waals surface area contributed by atoms with Crippen LogP contribution >= 0.6 is 11.3 Å². The lowest BCUT2D eigenvalue weighted by molar-refractivity contribution is -0.118. The molecular formula is C19H18N4O2S. The molecule has 2 saturated heterocycles. The van der Waals surface area contributed by atoms with Crippen molar-refractivity contribution in [2.75, 3.05) is 25.0 Å². The summed E-state index contributed by atoms with van der Waals surface area (Å²) >= 11 is 1.61. The number of nitrogens with one attached hydrogen (secondary N) is 1. The molecule has 1 N–H and O–H groups in total. The molecule has 2 aromatic heterocycles. The number of amides is 1. The Bertz CT molecular complexity index is 959. The minimum atomic E-state index is -0.0250. The Morgan fingerprint density at radius 3 is 3.04 bits per heavy atom. The number of benzene rings is 1. The van der Waals surface area contributed by atoms with Gasteiger partial charge in [-0.05, 0) is 29.5 Å². The number of nitrogens with zero attached hydrogens (tertiary/aromatic N) is 3. The first-order valence-corrected chi connectivity index (χ1v) is 9.57. The van der Waals surface area contributed by atoms with Crippen molar-refractivity contribution in [2.45, 2.75) is 18.6 Å². The standard InChI is InChI=1S/C19H18N4O2S/c24-19(9-23-8-16-5-15(23)10-25-16)22-18-4-14-3-12(17-7-20-11-26-17)1-2-13(14)6-21-18/h1-4,6-7,11,15-16H,5,8-10H2,(H,21,22,24)/t15-,16-/m1/s1. The number of fused-ring (bicyclic) bond motifs is 3. The van der Waals surface area contributed by atoms with Crippen LogP contribution in [0.15, 0.2) is 42.2 Å². The van der Waals surface area contributed by atoms with Gasteiger partial charge in [-0.3, -0.25) is 14.7 Å². The summed E-state index contributed by atoms with van der Waals surface area (Å²) in [7, 11) is 0. The highest BCUT2D eigenvalue weighted by Crippen LogP contribution is 2.29. The van der Waals surface area contributed by atoms with E-state index < -0.39 is 0 Å². The van der Waals surface area contributed by atoms with Crippen molar-refractivity contribution in [3.63, 3.8) is 0 Å². The van der Waals surface area contributed by atoms with E-state index in [1.165, 1.54) is 0 Å². The van der Waals surface area contributed by atoms with E-state index in [1.54, 1.807) is 17.5 Å². The zero-order valence-electron chi connectivity index (χ0n) is 14.1. The number of anilines is 1. The number of hydrogen-bond donors (Lipinski definition) is 1. The first kappa shape index (κ1) is 15.9. The van der Waals surface area contributed by atoms with Crippen LogP contribution in [0, 0.1) is 0 Å². The number of thiazole rings is 1. The first-order valence-electron chi connectivity index (χ1n) is 8.69. The van der Waals surface area contributed by atoms with Crippen molar-refractivity contribution in [1.29, 1.82) is 0 Å². The third-order valence-corrected chi connectivity index (χ3v) is 5.89. The predicted molar refractivity (Wildman–Crippen MR) is 101 cm³/mol. The summed E-state index contributed by atoms with van der Waals surface area (Å²) < 4.78 is 5.58. The van der Waals surface area contributed by atoms with Gasteiger partial charge in [0.25, 0.3) is 0 Å². The molecule has 0 radical (unpaired) electrons. The molecule has 7 heteroatoms. The molecule has 0 saturated carbocycles. The van der Waals surface area contributed by atoms with Gasteiger partial charge in [0.05, 0.1) is 29.6 Å². The fraction of sp³-hybridized carbons (Fsp3) is 0.316. The molecule has 4 heterocycles. The van der Waals surface area contributed by atoms with Crippen LogP contribution in [0.25, 0.3) is 21.2 Å². The predicted octanol–water partition coefficient (Wildman–Crippen LogP) is 2.77. The molecule has 5 rings (SSSR count). The largest absolute Gasteiger partial charge is 0.375 e. The van der Waals surface area contributed by atoms with Crippen LogP contribution < -0.4 is 5.32 Å². The minimum absolute atomic E-state index is 0.0250. The molecule has 26 heavy (non-hydrogen) atoms. The van der Waals surface area contributed by atoms with Crippen molar-refractivity contribution < 1.29 is 9.53 Å². The number of carbonyl (C=O) groups excluding carboxylic acids is 1. The third kappa shape index (κ3) is 2.98. The number of hydrogen-bond acceptors (Lipinski definition) is 6. The van der Waals surface area contributed by atoms with Gasteiger partial charge < -0.3 is 10.1 Å². The second-order valence-corrected chi connectivity index (χ2v) is 7.71. The van der Waals surface area contributed by atoms with E-state index in [4.69, 9.17) is 4.74 Å². The molecule has 3 aromatic rings. The molecule has 1 amide bonds. The summed E-state index contributed by atoms with van der Waals surface area (Å²) in [5.74, 6) is 0.563. The summed E-state index contributed by atoms with van der Waals surface area (Å²) in [4.78, 5) is 24.2. The quantitative estimate of drug-likeness (QED) is 0.769. The highest BCUT2D eigenvalue weighted by Gasteiger charge is 2.39. The number of rotatable bonds is 4. The van der Waals surface area contributed by atoms with Crippen molar-refractivity contribution in [3.05, 3.63) is 42.2 Å². The van der Waals surface area contributed by atoms with Crippen LogP contribution in [-0.4, -0.2) is 52.6 Å². The zero-order chi connectivity index (χ0) is 17.5. The van der Waals surface area contributed by atoms with Crippen LogP contribution in [0.4, 0.5) is 5.82 Å². The van der Waals surface area contributed by atoms with Crippen LogP contribution in [0.1, 0.15) is 6.42 Å². The van der Waals surface area contributed by atoms with Gasteiger partial charge in [0.2, 0.25) is 5.91 Å². The molecule has 6 nitrogen and oxygen atoms in total. The van der Waals surface area contributed by atoms with Gasteiger partial charge in [0.15, 0.2) is 0 Å². The van der Waals surface area contributed by atoms with E-state index in [2.05, 4.69) is 32.3 Å². The fourth-order valence-electron chi connectivity index (χ4n) is 3.76. The number of morpholine rings is 1. The maximum Gasteiger partial charge on any atom is 0.239 e. The zero-order valence-corrected chi connectivity index (χ0v) is 14.9. The summed E-state index contributed by atoms with van der Waals surface area (Å²) in [6.07, 6.45) is 5.01. The van der Waals surface area contributed by atoms with Crippen LogP contribution in [0.3, 0.4) is 0 Å². The molecule has 2 aliphatic rings. The topological polar surface area (TPSA) is 67.3 Å². The molecule has 2 bridgehead atoms. The fourth-order valence-corrected chi connectivity index (χ4v) is 4.38. The van der Waals surface area contributed by atoms with E-state index >= 15 is 0 Å². The average molecular weight is 366 g/mol. The Kier molecular flexibility index (Phi) is 3.92. The maximum absolute atomic E-state index is 12.4. The van der Waals surface area contributed by atoms with Crippen LogP contribution in [0.2, 0.25) is 0 Å². The number of aromatic nitrogens is 2. The van der Waals surface area contributed by atoms with Crippen molar-refractivity contribution in [2.24, 2.45) is 0 Å². The van der Waals surface area contributed by atoms with Crippen molar-refractivity contribution in [1.82, 2.24) is 14.9 Å². The lowest BCUT2D eigenvalue weighted by Gasteiger charge is -2.25. The highest BCUT2D eigenvalue weighted by atomic mass is 32.1. The lowest BCUT2D eigenvalue weighted by atomic mass is 10.1. The van der Waals surface area contributed by atoms with Gasteiger partial charge in [0.1, 0.15) is 5.82 Å². The Morgan fingerprint density at radius 1 is 1.31 bits per heavy atom. The maximum atomic E-state index is 12.4. The minimum Gasteiger partial charge on any atom is -0.375 e. The van der Waals surface area contributed by atoms with Gasteiger partial charge in [-0.2, -0.15) is 0 Å². The van der Waals surface area contributed by atoms with E-state index in [1.807, 2.05) is 23.8 Å². The SMILES string of the molecule is O=C(CN1C[C@H]2C[C@@H]1CO2)Nc1cc2cc(-c3cncs3)ccc2cn1. The molecular weight excluding hydrogens is 348 g/mol. The van der Waals surface area contributed by atoms with E-state index in [0.29, 0.717) is 24.5 Å². The summed E-state index contributed by atoms with van der Waals surface area (Å²) in [5, 5.41) is 5.03. The third-order valence-electron chi connectivity index (χ3n) is 5.07. The first-order chi connectivity index (χ1) is 12.7. The smallest absolute Gasteiger partial charge is 0.239 e. The normalized spacial score (nSPS) is 22.2. The summed E-state index contributed by atoms with van der Waals surface area (Å²) in [6.45, 7) is 1.99. The Hall–Kier alpha value is -2.35. The second-order valence-electron chi connectivity index (χ2n) is 6.82. The lowest BCUT2D eigenvalue weighted by Crippen LogP contribution is -2.41. The van der Waals surface area contributed by atoms with Gasteiger partial charge in [-0.15, -0.1) is 11.3 Å². The molecule has 2 aliphatic heterocycles. The highest BCUT2D eigenvalue weighted by molar-refractivity contribution is 7.13. The Labute approximate surface area is 154 Å². The van der Waals surface area contributed by atoms with E-state index in [0.717, 1.165) is 40.8 Å². The van der Waals surface area contributed by atoms with Gasteiger partial charge in [-0.25, -0.2) is 4.98 Å². The average Bonchev–Trinajstić information content (AvgIpc) is 3.39. The molecule has 132 valence electrons. The summed E-state index contributed by atoms with van der Waals surface area (Å²) in [6, 6.07) is 8.54. The molecule has 2 fully saturated rings. The number of pyridine rings is 1. The van der Waals surface area contributed by atoms with Gasteiger partial charge in [0, 0.05) is 30.4 Å². The molecule has 0 aliphatic carbocycles. The van der Waals surface area contributed by atoms with Crippen molar-refractivity contribution in [3.8, 4) is 10.4 Å². The Balaban J connectivity index is 1.33. The van der Waals surface area contributed by atoms with E-state index in [-0.39, 0.29) is 5.91 Å². The number of ether oxygens (including phenoxy) is 1. The molecule has 0 spiro atoms. The molecule has 0 unspecified atom stereocenters. The van der Waals surface area contributed by atoms with Crippen molar-refractivity contribution >= 4 is 33.8 Å². The molecule has 2 atom stereocenters. The molecule has 1 aromatic carbocycles. The van der Waals surface area contributed by atoms with Crippen LogP contribution in [0.5, 0.6) is 0 Å². The monoisotopic (exact) mass is 366 g/mol. The number of carbonyl (C=O) groups is 1. The second kappa shape index (κ2) is 6.42. The summed E-state index contributed by atoms with van der Waals surface area (Å²) in [5.41, 5.74) is 2.95. The Morgan fingerprint density at radius 2 is 2.27 bits per heavy atom. The van der Waals surface area contributed by atoms with Gasteiger partial charge in [-0.1, -0.05) is 12.1 Å². The van der Waals surface area contributed by atoms with Gasteiger partial charge >= 0.3 is 0 Å². The van der Waals surface area contributed by atoms with E-state index in [9.17, 15) is 4.79 Å². The van der Waals surface area contributed by atoms with Crippen LogP contribution in [-0.2, 0) is 9.53 Å². The number of likely N-dealkylation sites (tertiary alicyclic amines) is 1.